The van der Waals surface area contributed by atoms with E-state index in [9.17, 15) is 0 Å². The third-order valence-corrected chi connectivity index (χ3v) is 5.06. The van der Waals surface area contributed by atoms with Crippen molar-refractivity contribution in [2.24, 2.45) is 5.10 Å². The molecule has 25 heavy (non-hydrogen) atoms. The molecule has 0 atom stereocenters. The van der Waals surface area contributed by atoms with Gasteiger partial charge in [-0.1, -0.05) is 6.08 Å². The lowest BCUT2D eigenvalue weighted by molar-refractivity contribution is 0.153. The number of hydrogen-bond acceptors (Lipinski definition) is 5. The number of allylic oxidation sites excluding steroid dienone is 1. The Labute approximate surface area is 163 Å². The molecule has 7 heteroatoms. The molecule has 0 spiro atoms. The average molecular weight is 425 g/mol. The lowest BCUT2D eigenvalue weighted by Crippen LogP contribution is -2.42. The molecule has 0 radical (unpaired) electrons. The molecule has 1 saturated heterocycles. The van der Waals surface area contributed by atoms with Gasteiger partial charge in [0.2, 0.25) is 4.80 Å². The normalized spacial score (nSPS) is 15.8. The third-order valence-electron chi connectivity index (χ3n) is 4.20. The van der Waals surface area contributed by atoms with Gasteiger partial charge in [-0.05, 0) is 36.9 Å². The topological polar surface area (TPSA) is 33.0 Å². The van der Waals surface area contributed by atoms with Crippen molar-refractivity contribution in [3.63, 3.8) is 0 Å². The first-order valence-corrected chi connectivity index (χ1v) is 9.01. The van der Waals surface area contributed by atoms with Crippen molar-refractivity contribution in [3.05, 3.63) is 47.1 Å². The van der Waals surface area contributed by atoms with E-state index in [4.69, 9.17) is 9.84 Å². The Kier molecular flexibility index (Phi) is 7.28. The molecular weight excluding hydrogens is 400 g/mol. The van der Waals surface area contributed by atoms with Crippen LogP contribution >= 0.6 is 28.3 Å². The summed E-state index contributed by atoms with van der Waals surface area (Å²) in [6, 6.07) is 8.14. The van der Waals surface area contributed by atoms with Gasteiger partial charge in [0, 0.05) is 38.1 Å². The number of aromatic nitrogens is 1. The molecule has 1 aliphatic heterocycles. The van der Waals surface area contributed by atoms with Crippen molar-refractivity contribution in [1.29, 1.82) is 0 Å². The third kappa shape index (κ3) is 4.74. The van der Waals surface area contributed by atoms with Gasteiger partial charge in [-0.3, -0.25) is 5.01 Å². The number of likely N-dealkylation sites (N-methyl/N-ethyl adjacent to an activating group) is 1. The van der Waals surface area contributed by atoms with E-state index in [1.807, 2.05) is 18.2 Å². The van der Waals surface area contributed by atoms with Gasteiger partial charge in [0.15, 0.2) is 0 Å². The molecule has 1 aliphatic rings. The molecule has 0 amide bonds. The lowest BCUT2D eigenvalue weighted by Gasteiger charge is -2.29. The first-order valence-electron chi connectivity index (χ1n) is 8.13. The van der Waals surface area contributed by atoms with Gasteiger partial charge in [0.05, 0.1) is 12.8 Å². The Hall–Kier alpha value is -1.57. The van der Waals surface area contributed by atoms with Crippen LogP contribution < -0.4 is 9.54 Å². The first kappa shape index (κ1) is 19.8. The van der Waals surface area contributed by atoms with Gasteiger partial charge in [0.1, 0.15) is 5.75 Å². The number of nitrogens with zero attached hydrogens (tertiary/aromatic N) is 4. The lowest BCUT2D eigenvalue weighted by atomic mass is 10.1. The summed E-state index contributed by atoms with van der Waals surface area (Å²) in [4.78, 5) is 3.35. The Morgan fingerprint density at radius 2 is 1.88 bits per heavy atom. The minimum Gasteiger partial charge on any atom is -0.497 e. The maximum atomic E-state index is 5.25. The number of ether oxygens (including phenoxy) is 1. The number of piperazine rings is 1. The quantitative estimate of drug-likeness (QED) is 0.691. The number of benzene rings is 1. The van der Waals surface area contributed by atoms with Crippen molar-refractivity contribution < 1.29 is 4.74 Å². The second kappa shape index (κ2) is 9.22. The minimum atomic E-state index is 0. The molecule has 0 bridgehead atoms. The molecule has 1 aromatic heterocycles. The first-order chi connectivity index (χ1) is 11.7. The molecule has 5 nitrogen and oxygen atoms in total. The monoisotopic (exact) mass is 424 g/mol. The van der Waals surface area contributed by atoms with Crippen molar-refractivity contribution in [2.45, 2.75) is 6.54 Å². The summed E-state index contributed by atoms with van der Waals surface area (Å²) >= 11 is 1.68. The zero-order valence-corrected chi connectivity index (χ0v) is 17.2. The van der Waals surface area contributed by atoms with Crippen LogP contribution in [0.25, 0.3) is 11.3 Å². The summed E-state index contributed by atoms with van der Waals surface area (Å²) in [6.45, 7) is 8.70. The fourth-order valence-electron chi connectivity index (χ4n) is 2.72. The molecule has 136 valence electrons. The van der Waals surface area contributed by atoms with Crippen LogP contribution in [-0.4, -0.2) is 54.8 Å². The van der Waals surface area contributed by atoms with E-state index in [1.54, 1.807) is 18.4 Å². The highest BCUT2D eigenvalue weighted by atomic mass is 79.9. The molecular formula is C18H25BrN4OS. The van der Waals surface area contributed by atoms with Crippen molar-refractivity contribution in [1.82, 2.24) is 14.5 Å². The fraction of sp³-hybridized carbons (Fsp3) is 0.389. The van der Waals surface area contributed by atoms with Crippen LogP contribution in [0.1, 0.15) is 0 Å². The second-order valence-electron chi connectivity index (χ2n) is 5.89. The van der Waals surface area contributed by atoms with E-state index < -0.39 is 0 Å². The van der Waals surface area contributed by atoms with Crippen molar-refractivity contribution >= 4 is 28.3 Å². The maximum Gasteiger partial charge on any atom is 0.208 e. The SMILES string of the molecule is Br.C=CCn1c(-c2ccc(OC)cc2)csc1=NN1CCN(C)CC1. The van der Waals surface area contributed by atoms with E-state index >= 15 is 0 Å². The highest BCUT2D eigenvalue weighted by Gasteiger charge is 2.13. The van der Waals surface area contributed by atoms with Gasteiger partial charge in [-0.2, -0.15) is 0 Å². The summed E-state index contributed by atoms with van der Waals surface area (Å²) in [5.74, 6) is 0.867. The minimum absolute atomic E-state index is 0. The van der Waals surface area contributed by atoms with Gasteiger partial charge >= 0.3 is 0 Å². The maximum absolute atomic E-state index is 5.25. The van der Waals surface area contributed by atoms with Crippen LogP contribution in [0.5, 0.6) is 5.75 Å². The predicted molar refractivity (Wildman–Crippen MR) is 109 cm³/mol. The molecule has 0 aliphatic carbocycles. The molecule has 2 heterocycles. The molecule has 0 unspecified atom stereocenters. The Morgan fingerprint density at radius 3 is 2.48 bits per heavy atom. The van der Waals surface area contributed by atoms with E-state index in [0.29, 0.717) is 0 Å². The number of methoxy groups -OCH3 is 1. The highest BCUT2D eigenvalue weighted by molar-refractivity contribution is 8.93. The van der Waals surface area contributed by atoms with Gasteiger partial charge in [0.25, 0.3) is 0 Å². The molecule has 2 aromatic rings. The summed E-state index contributed by atoms with van der Waals surface area (Å²) in [5.41, 5.74) is 2.32. The van der Waals surface area contributed by atoms with Crippen LogP contribution in [0, 0.1) is 0 Å². The molecule has 3 rings (SSSR count). The number of rotatable bonds is 5. The standard InChI is InChI=1S/C18H24N4OS.BrH/c1-4-9-22-17(15-5-7-16(23-3)8-6-15)14-24-18(22)19-21-12-10-20(2)11-13-21;/h4-8,14H,1,9-13H2,2-3H3;1H. The van der Waals surface area contributed by atoms with Crippen molar-refractivity contribution in [2.75, 3.05) is 40.3 Å². The Balaban J connectivity index is 0.00000225. The van der Waals surface area contributed by atoms with E-state index in [2.05, 4.69) is 45.6 Å². The molecule has 0 saturated carbocycles. The van der Waals surface area contributed by atoms with Crippen LogP contribution in [-0.2, 0) is 6.54 Å². The van der Waals surface area contributed by atoms with Crippen LogP contribution in [0.4, 0.5) is 0 Å². The van der Waals surface area contributed by atoms with Crippen LogP contribution in [0.3, 0.4) is 0 Å². The largest absolute Gasteiger partial charge is 0.497 e. The zero-order valence-electron chi connectivity index (χ0n) is 14.7. The molecule has 0 N–H and O–H groups in total. The van der Waals surface area contributed by atoms with Gasteiger partial charge < -0.3 is 14.2 Å². The number of halogens is 1. The van der Waals surface area contributed by atoms with Gasteiger partial charge in [-0.15, -0.1) is 40.0 Å². The molecule has 1 fully saturated rings. The second-order valence-corrected chi connectivity index (χ2v) is 6.72. The van der Waals surface area contributed by atoms with E-state index in [0.717, 1.165) is 54.5 Å². The van der Waals surface area contributed by atoms with Crippen LogP contribution in [0.2, 0.25) is 0 Å². The predicted octanol–water partition coefficient (Wildman–Crippen LogP) is 3.05. The summed E-state index contributed by atoms with van der Waals surface area (Å²) in [6.07, 6.45) is 1.92. The Bertz CT molecular complexity index is 745. The molecule has 1 aromatic carbocycles. The van der Waals surface area contributed by atoms with E-state index in [1.165, 1.54) is 0 Å². The number of hydrogen-bond donors (Lipinski definition) is 0. The average Bonchev–Trinajstić information content (AvgIpc) is 3.00. The number of thiazole rings is 1. The van der Waals surface area contributed by atoms with E-state index in [-0.39, 0.29) is 17.0 Å². The fourth-order valence-corrected chi connectivity index (χ4v) is 3.67. The van der Waals surface area contributed by atoms with Crippen LogP contribution in [0.15, 0.2) is 47.4 Å². The summed E-state index contributed by atoms with van der Waals surface area (Å²) in [5, 5.41) is 9.20. The van der Waals surface area contributed by atoms with Crippen molar-refractivity contribution in [3.8, 4) is 17.0 Å². The highest BCUT2D eigenvalue weighted by Crippen LogP contribution is 2.23. The Morgan fingerprint density at radius 1 is 1.20 bits per heavy atom. The zero-order chi connectivity index (χ0) is 16.9. The van der Waals surface area contributed by atoms with Gasteiger partial charge in [-0.25, -0.2) is 0 Å². The smallest absolute Gasteiger partial charge is 0.208 e. The summed E-state index contributed by atoms with van der Waals surface area (Å²) in [7, 11) is 3.84. The summed E-state index contributed by atoms with van der Waals surface area (Å²) < 4.78 is 7.47.